The number of rotatable bonds is 10. The van der Waals surface area contributed by atoms with Crippen LogP contribution < -0.4 is 22.7 Å². The van der Waals surface area contributed by atoms with Crippen LogP contribution in [-0.2, 0) is 27.8 Å². The van der Waals surface area contributed by atoms with Crippen molar-refractivity contribution in [1.82, 2.24) is 23.8 Å². The first-order valence-corrected chi connectivity index (χ1v) is 14.6. The van der Waals surface area contributed by atoms with E-state index in [0.717, 1.165) is 23.5 Å². The van der Waals surface area contributed by atoms with E-state index in [9.17, 15) is 29.2 Å². The van der Waals surface area contributed by atoms with E-state index in [1.165, 1.54) is 30.1 Å². The quantitative estimate of drug-likeness (QED) is 0.229. The van der Waals surface area contributed by atoms with Gasteiger partial charge < -0.3 is 30.2 Å². The van der Waals surface area contributed by atoms with E-state index in [0.29, 0.717) is 13.1 Å². The van der Waals surface area contributed by atoms with Crippen molar-refractivity contribution in [2.24, 2.45) is 0 Å². The summed E-state index contributed by atoms with van der Waals surface area (Å²) in [5.41, 5.74) is 3.56. The Kier molecular flexibility index (Phi) is 8.89. The van der Waals surface area contributed by atoms with Crippen LogP contribution in [0.5, 0.6) is 0 Å². The van der Waals surface area contributed by atoms with Crippen molar-refractivity contribution in [3.63, 3.8) is 0 Å². The van der Waals surface area contributed by atoms with Gasteiger partial charge in [0.2, 0.25) is 0 Å². The first-order valence-electron chi connectivity index (χ1n) is 13.1. The van der Waals surface area contributed by atoms with E-state index >= 15 is 0 Å². The van der Waals surface area contributed by atoms with Gasteiger partial charge in [-0.15, -0.1) is 0 Å². The summed E-state index contributed by atoms with van der Waals surface area (Å²) in [5.74, 6) is 0.0439. The standard InChI is InChI=1S/C23H33N6O11P/c1-36-20-19(32)15(39-21(20)29-9-5-17(31)26-23(29)34)12-37-41(35,27-6-2-3-7-27)40-13-10-18(38-14(13)11-30)28-8-4-16(24)25-22(28)33/h4-5,8-9,13-15,18-21,30,32H,2-3,6-7,10-12H2,1H3,(H2,24,25,33)(H,26,31,34)/t13-,14-,15-,18-,19+,20?,21-,41?/m1/s1. The number of ether oxygens (including phenoxy) is 3. The molecule has 3 saturated heterocycles. The number of hydrogen-bond acceptors (Lipinski definition) is 13. The van der Waals surface area contributed by atoms with Crippen LogP contribution in [0.1, 0.15) is 31.7 Å². The van der Waals surface area contributed by atoms with E-state index in [-0.39, 0.29) is 12.2 Å². The molecule has 0 radical (unpaired) electrons. The number of nitrogen functional groups attached to an aromatic ring is 1. The number of H-pyrrole nitrogens is 1. The molecule has 0 saturated carbocycles. The number of nitrogens with two attached hydrogens (primary N) is 1. The van der Waals surface area contributed by atoms with Crippen LogP contribution in [0, 0.1) is 0 Å². The predicted molar refractivity (Wildman–Crippen MR) is 140 cm³/mol. The molecule has 18 heteroatoms. The summed E-state index contributed by atoms with van der Waals surface area (Å²) in [5, 5.41) is 20.9. The van der Waals surface area contributed by atoms with Crippen molar-refractivity contribution in [2.45, 2.75) is 62.2 Å². The minimum Gasteiger partial charge on any atom is -0.394 e. The zero-order valence-electron chi connectivity index (χ0n) is 22.2. The average molecular weight is 601 g/mol. The lowest BCUT2D eigenvalue weighted by Gasteiger charge is -2.30. The Bertz CT molecular complexity index is 1440. The maximum atomic E-state index is 14.2. The minimum absolute atomic E-state index is 0.0439. The van der Waals surface area contributed by atoms with Gasteiger partial charge in [-0.25, -0.2) is 18.8 Å². The Hall–Kier alpha value is -2.73. The second kappa shape index (κ2) is 12.2. The Morgan fingerprint density at radius 1 is 1.15 bits per heavy atom. The molecule has 3 fully saturated rings. The van der Waals surface area contributed by atoms with E-state index in [2.05, 4.69) is 9.97 Å². The normalized spacial score (nSPS) is 31.9. The van der Waals surface area contributed by atoms with Crippen molar-refractivity contribution < 1.29 is 38.0 Å². The zero-order valence-corrected chi connectivity index (χ0v) is 23.1. The molecular formula is C23H33N6O11P. The van der Waals surface area contributed by atoms with E-state index < -0.39 is 80.9 Å². The Balaban J connectivity index is 1.33. The van der Waals surface area contributed by atoms with Gasteiger partial charge in [0.25, 0.3) is 5.56 Å². The Morgan fingerprint density at radius 3 is 2.54 bits per heavy atom. The van der Waals surface area contributed by atoms with Crippen LogP contribution in [0.4, 0.5) is 5.82 Å². The molecule has 0 bridgehead atoms. The molecule has 3 aliphatic heterocycles. The number of aromatic amines is 1. The summed E-state index contributed by atoms with van der Waals surface area (Å²) in [4.78, 5) is 42.0. The third-order valence-electron chi connectivity index (χ3n) is 7.33. The van der Waals surface area contributed by atoms with Gasteiger partial charge in [-0.2, -0.15) is 4.98 Å². The number of anilines is 1. The fraction of sp³-hybridized carbons (Fsp3) is 0.652. The van der Waals surface area contributed by atoms with E-state index in [1.807, 2.05) is 0 Å². The molecule has 2 aromatic rings. The molecule has 41 heavy (non-hydrogen) atoms. The van der Waals surface area contributed by atoms with Gasteiger partial charge >= 0.3 is 19.1 Å². The van der Waals surface area contributed by atoms with Crippen molar-refractivity contribution in [1.29, 1.82) is 0 Å². The molecule has 2 aromatic heterocycles. The van der Waals surface area contributed by atoms with E-state index in [1.54, 1.807) is 4.67 Å². The lowest BCUT2D eigenvalue weighted by molar-refractivity contribution is -0.0648. The maximum absolute atomic E-state index is 14.2. The number of methoxy groups -OCH3 is 1. The van der Waals surface area contributed by atoms with Gasteiger partial charge in [0, 0.05) is 45.1 Å². The van der Waals surface area contributed by atoms with E-state index in [4.69, 9.17) is 29.0 Å². The molecule has 0 aliphatic carbocycles. The molecule has 226 valence electrons. The second-order valence-electron chi connectivity index (χ2n) is 9.93. The highest BCUT2D eigenvalue weighted by molar-refractivity contribution is 7.51. The van der Waals surface area contributed by atoms with Gasteiger partial charge in [0.05, 0.1) is 13.2 Å². The number of nitrogens with zero attached hydrogens (tertiary/aromatic N) is 4. The lowest BCUT2D eigenvalue weighted by atomic mass is 10.1. The molecule has 2 unspecified atom stereocenters. The molecule has 8 atom stereocenters. The molecule has 5 heterocycles. The fourth-order valence-electron chi connectivity index (χ4n) is 5.22. The van der Waals surface area contributed by atoms with Crippen LogP contribution in [0.2, 0.25) is 0 Å². The zero-order chi connectivity index (χ0) is 29.3. The monoisotopic (exact) mass is 600 g/mol. The Labute approximate surface area is 233 Å². The fourth-order valence-corrected chi connectivity index (χ4v) is 7.25. The molecule has 0 aromatic carbocycles. The summed E-state index contributed by atoms with van der Waals surface area (Å²) in [7, 11) is -2.72. The van der Waals surface area contributed by atoms with Crippen molar-refractivity contribution >= 4 is 13.6 Å². The van der Waals surface area contributed by atoms with Gasteiger partial charge in [-0.05, 0) is 18.9 Å². The van der Waals surface area contributed by atoms with Crippen molar-refractivity contribution in [3.8, 4) is 0 Å². The van der Waals surface area contributed by atoms with Crippen molar-refractivity contribution in [2.75, 3.05) is 39.1 Å². The molecule has 5 N–H and O–H groups in total. The average Bonchev–Trinajstić information content (AvgIpc) is 3.67. The van der Waals surface area contributed by atoms with Crippen molar-refractivity contribution in [3.05, 3.63) is 55.8 Å². The van der Waals surface area contributed by atoms with Gasteiger partial charge in [0.1, 0.15) is 42.6 Å². The molecule has 3 aliphatic rings. The van der Waals surface area contributed by atoms with Crippen LogP contribution >= 0.6 is 7.75 Å². The highest BCUT2D eigenvalue weighted by Crippen LogP contribution is 2.56. The number of hydrogen-bond donors (Lipinski definition) is 4. The minimum atomic E-state index is -4.05. The highest BCUT2D eigenvalue weighted by atomic mass is 31.2. The molecule has 17 nitrogen and oxygen atoms in total. The molecule has 0 spiro atoms. The van der Waals surface area contributed by atoms with Crippen LogP contribution in [0.25, 0.3) is 0 Å². The van der Waals surface area contributed by atoms with Gasteiger partial charge in [-0.3, -0.25) is 28.0 Å². The van der Waals surface area contributed by atoms with Gasteiger partial charge in [-0.1, -0.05) is 0 Å². The molecule has 5 rings (SSSR count). The summed E-state index contributed by atoms with van der Waals surface area (Å²) >= 11 is 0. The highest BCUT2D eigenvalue weighted by Gasteiger charge is 2.49. The lowest BCUT2D eigenvalue weighted by Crippen LogP contribution is -2.39. The largest absolute Gasteiger partial charge is 0.408 e. The Morgan fingerprint density at radius 2 is 1.88 bits per heavy atom. The first-order chi connectivity index (χ1) is 19.6. The van der Waals surface area contributed by atoms with Crippen LogP contribution in [0.3, 0.4) is 0 Å². The number of aliphatic hydroxyl groups excluding tert-OH is 2. The smallest absolute Gasteiger partial charge is 0.394 e. The number of nitrogens with one attached hydrogen (secondary N) is 1. The topological polar surface area (TPSA) is 223 Å². The molecular weight excluding hydrogens is 567 g/mol. The third-order valence-corrected chi connectivity index (χ3v) is 9.44. The van der Waals surface area contributed by atoms with Gasteiger partial charge in [0.15, 0.2) is 6.23 Å². The van der Waals surface area contributed by atoms with Crippen LogP contribution in [-0.4, -0.2) is 97.9 Å². The van der Waals surface area contributed by atoms with Crippen LogP contribution in [0.15, 0.2) is 38.9 Å². The molecule has 0 amide bonds. The summed E-state index contributed by atoms with van der Waals surface area (Å²) in [6, 6.07) is 2.56. The third kappa shape index (κ3) is 6.09. The second-order valence-corrected chi connectivity index (χ2v) is 11.9. The number of aromatic nitrogens is 4. The summed E-state index contributed by atoms with van der Waals surface area (Å²) in [6.45, 7) is -0.0351. The maximum Gasteiger partial charge on any atom is 0.408 e. The summed E-state index contributed by atoms with van der Waals surface area (Å²) < 4.78 is 47.0. The first kappa shape index (κ1) is 29.8. The SMILES string of the molecule is COC1[C@@H](O)[C@@H](COP(=O)(O[C@@H]2C[C@H](n3ccc(N)nc3=O)O[C@@H]2CO)N2CCCC2)O[C@H]1n1ccc(=O)[nH]c1=O. The summed E-state index contributed by atoms with van der Waals surface area (Å²) in [6.07, 6.45) is -2.98. The predicted octanol–water partition coefficient (Wildman–Crippen LogP) is -1.47. The number of aliphatic hydroxyl groups is 2.